The molecule has 2 amide bonds. The summed E-state index contributed by atoms with van der Waals surface area (Å²) in [6, 6.07) is 7.60. The summed E-state index contributed by atoms with van der Waals surface area (Å²) in [6.07, 6.45) is 8.27. The van der Waals surface area contributed by atoms with Gasteiger partial charge in [0.2, 0.25) is 0 Å². The summed E-state index contributed by atoms with van der Waals surface area (Å²) in [5.74, 6) is 0.820. The fourth-order valence-corrected chi connectivity index (χ4v) is 4.41. The molecule has 1 fully saturated rings. The van der Waals surface area contributed by atoms with E-state index in [0.29, 0.717) is 11.7 Å². The molecule has 1 saturated heterocycles. The Morgan fingerprint density at radius 3 is 2.86 bits per heavy atom. The first-order chi connectivity index (χ1) is 14.1. The number of aryl methyl sites for hydroxylation is 1. The van der Waals surface area contributed by atoms with Crippen LogP contribution in [0.25, 0.3) is 0 Å². The van der Waals surface area contributed by atoms with Gasteiger partial charge in [0, 0.05) is 36.1 Å². The van der Waals surface area contributed by atoms with E-state index in [0.717, 1.165) is 41.5 Å². The standard InChI is InChI=1S/C22H31N5OS/c1-17-7-5-14-27(16-17)13-4-3-10-23-21(28)26-20-9-8-19(15-18(20)2)29-22-24-11-6-12-25-22/h6,8-9,11-12,15,17H,3-5,7,10,13-14,16H2,1-2H3,(H2,23,26,28). The van der Waals surface area contributed by atoms with E-state index in [9.17, 15) is 4.79 Å². The Bertz CT molecular complexity index is 786. The summed E-state index contributed by atoms with van der Waals surface area (Å²) in [5, 5.41) is 6.62. The minimum atomic E-state index is -0.147. The van der Waals surface area contributed by atoms with Gasteiger partial charge < -0.3 is 15.5 Å². The van der Waals surface area contributed by atoms with Crippen LogP contribution in [0.1, 0.15) is 38.2 Å². The molecule has 0 aliphatic carbocycles. The number of nitrogens with zero attached hydrogens (tertiary/aromatic N) is 3. The Morgan fingerprint density at radius 2 is 2.10 bits per heavy atom. The van der Waals surface area contributed by atoms with Crippen molar-refractivity contribution in [3.8, 4) is 0 Å². The van der Waals surface area contributed by atoms with Gasteiger partial charge in [0.15, 0.2) is 5.16 Å². The third kappa shape index (κ3) is 7.33. The lowest BCUT2D eigenvalue weighted by atomic mass is 10.0. The summed E-state index contributed by atoms with van der Waals surface area (Å²) in [5.41, 5.74) is 1.84. The lowest BCUT2D eigenvalue weighted by molar-refractivity contribution is 0.181. The molecule has 3 rings (SSSR count). The van der Waals surface area contributed by atoms with Crippen LogP contribution in [0.2, 0.25) is 0 Å². The second kappa shape index (κ2) is 11.2. The SMILES string of the molecule is Cc1cc(Sc2ncccn2)ccc1NC(=O)NCCCCN1CCCC(C)C1. The molecule has 0 radical (unpaired) electrons. The first kappa shape index (κ1) is 21.6. The number of rotatable bonds is 8. The maximum Gasteiger partial charge on any atom is 0.319 e. The summed E-state index contributed by atoms with van der Waals surface area (Å²) < 4.78 is 0. The van der Waals surface area contributed by atoms with Gasteiger partial charge >= 0.3 is 6.03 Å². The van der Waals surface area contributed by atoms with Crippen molar-refractivity contribution in [1.82, 2.24) is 20.2 Å². The zero-order valence-corrected chi connectivity index (χ0v) is 18.2. The highest BCUT2D eigenvalue weighted by Crippen LogP contribution is 2.27. The van der Waals surface area contributed by atoms with Gasteiger partial charge in [0.25, 0.3) is 0 Å². The van der Waals surface area contributed by atoms with Crippen LogP contribution >= 0.6 is 11.8 Å². The zero-order chi connectivity index (χ0) is 20.5. The number of benzene rings is 1. The van der Waals surface area contributed by atoms with E-state index in [2.05, 4.69) is 32.4 Å². The molecule has 1 unspecified atom stereocenters. The van der Waals surface area contributed by atoms with Gasteiger partial charge in [-0.3, -0.25) is 0 Å². The third-order valence-corrected chi connectivity index (χ3v) is 6.01. The second-order valence-electron chi connectivity index (χ2n) is 7.75. The Morgan fingerprint density at radius 1 is 1.28 bits per heavy atom. The molecular formula is C22H31N5OS. The molecular weight excluding hydrogens is 382 g/mol. The highest BCUT2D eigenvalue weighted by molar-refractivity contribution is 7.99. The van der Waals surface area contributed by atoms with Crippen LogP contribution in [0.15, 0.2) is 46.7 Å². The molecule has 1 aromatic heterocycles. The molecule has 0 spiro atoms. The van der Waals surface area contributed by atoms with Gasteiger partial charge in [-0.15, -0.1) is 0 Å². The van der Waals surface area contributed by atoms with Crippen molar-refractivity contribution in [3.63, 3.8) is 0 Å². The Hall–Kier alpha value is -2.12. The van der Waals surface area contributed by atoms with E-state index in [-0.39, 0.29) is 6.03 Å². The first-order valence-corrected chi connectivity index (χ1v) is 11.2. The molecule has 6 nitrogen and oxygen atoms in total. The maximum atomic E-state index is 12.2. The molecule has 1 atom stereocenters. The van der Waals surface area contributed by atoms with Gasteiger partial charge in [0.05, 0.1) is 0 Å². The second-order valence-corrected chi connectivity index (χ2v) is 8.79. The third-order valence-electron chi connectivity index (χ3n) is 5.13. The van der Waals surface area contributed by atoms with E-state index in [1.165, 1.54) is 37.7 Å². The van der Waals surface area contributed by atoms with Crippen LogP contribution in [0.4, 0.5) is 10.5 Å². The van der Waals surface area contributed by atoms with Crippen molar-refractivity contribution in [2.24, 2.45) is 5.92 Å². The van der Waals surface area contributed by atoms with E-state index >= 15 is 0 Å². The monoisotopic (exact) mass is 413 g/mol. The first-order valence-electron chi connectivity index (χ1n) is 10.4. The van der Waals surface area contributed by atoms with Gasteiger partial charge in [-0.05, 0) is 93.2 Å². The number of aromatic nitrogens is 2. The summed E-state index contributed by atoms with van der Waals surface area (Å²) in [7, 11) is 0. The Kier molecular flexibility index (Phi) is 8.31. The molecule has 7 heteroatoms. The number of unbranched alkanes of at least 4 members (excludes halogenated alkanes) is 1. The van der Waals surface area contributed by atoms with Crippen LogP contribution in [-0.4, -0.2) is 47.1 Å². The largest absolute Gasteiger partial charge is 0.338 e. The van der Waals surface area contributed by atoms with Crippen LogP contribution < -0.4 is 10.6 Å². The number of urea groups is 1. The average Bonchev–Trinajstić information content (AvgIpc) is 2.71. The van der Waals surface area contributed by atoms with E-state index in [4.69, 9.17) is 0 Å². The Balaban J connectivity index is 1.36. The average molecular weight is 414 g/mol. The summed E-state index contributed by atoms with van der Waals surface area (Å²) >= 11 is 1.51. The van der Waals surface area contributed by atoms with Gasteiger partial charge in [-0.25, -0.2) is 14.8 Å². The van der Waals surface area contributed by atoms with Crippen LogP contribution in [0.3, 0.4) is 0 Å². The van der Waals surface area contributed by atoms with Gasteiger partial charge in [0.1, 0.15) is 0 Å². The quantitative estimate of drug-likeness (QED) is 0.490. The minimum absolute atomic E-state index is 0.147. The molecule has 1 aromatic carbocycles. The number of likely N-dealkylation sites (tertiary alicyclic amines) is 1. The minimum Gasteiger partial charge on any atom is -0.338 e. The smallest absolute Gasteiger partial charge is 0.319 e. The molecule has 1 aliphatic heterocycles. The van der Waals surface area contributed by atoms with E-state index in [1.807, 2.05) is 25.1 Å². The highest BCUT2D eigenvalue weighted by atomic mass is 32.2. The number of carbonyl (C=O) groups excluding carboxylic acids is 1. The predicted molar refractivity (Wildman–Crippen MR) is 118 cm³/mol. The Labute approximate surface area is 177 Å². The highest BCUT2D eigenvalue weighted by Gasteiger charge is 2.15. The van der Waals surface area contributed by atoms with Crippen LogP contribution in [-0.2, 0) is 0 Å². The van der Waals surface area contributed by atoms with E-state index < -0.39 is 0 Å². The van der Waals surface area contributed by atoms with Crippen molar-refractivity contribution in [2.45, 2.75) is 49.6 Å². The van der Waals surface area contributed by atoms with Gasteiger partial charge in [-0.2, -0.15) is 0 Å². The number of hydrogen-bond acceptors (Lipinski definition) is 5. The van der Waals surface area contributed by atoms with Crippen molar-refractivity contribution < 1.29 is 4.79 Å². The fourth-order valence-electron chi connectivity index (χ4n) is 3.60. The number of hydrogen-bond donors (Lipinski definition) is 2. The maximum absolute atomic E-state index is 12.2. The number of anilines is 1. The van der Waals surface area contributed by atoms with Crippen molar-refractivity contribution in [2.75, 3.05) is 31.5 Å². The predicted octanol–water partition coefficient (Wildman–Crippen LogP) is 4.57. The topological polar surface area (TPSA) is 70.1 Å². The summed E-state index contributed by atoms with van der Waals surface area (Å²) in [6.45, 7) is 8.61. The van der Waals surface area contributed by atoms with Gasteiger partial charge in [-0.1, -0.05) is 6.92 Å². The van der Waals surface area contributed by atoms with E-state index in [1.54, 1.807) is 18.5 Å². The molecule has 2 N–H and O–H groups in total. The number of amides is 2. The number of piperidine rings is 1. The molecule has 2 heterocycles. The zero-order valence-electron chi connectivity index (χ0n) is 17.4. The van der Waals surface area contributed by atoms with Crippen LogP contribution in [0.5, 0.6) is 0 Å². The molecule has 29 heavy (non-hydrogen) atoms. The fraction of sp³-hybridized carbons (Fsp3) is 0.500. The normalized spacial score (nSPS) is 17.1. The lowest BCUT2D eigenvalue weighted by Gasteiger charge is -2.30. The van der Waals surface area contributed by atoms with Crippen molar-refractivity contribution in [3.05, 3.63) is 42.2 Å². The van der Waals surface area contributed by atoms with Crippen molar-refractivity contribution >= 4 is 23.5 Å². The van der Waals surface area contributed by atoms with Crippen molar-refractivity contribution in [1.29, 1.82) is 0 Å². The molecule has 0 saturated carbocycles. The number of nitrogens with one attached hydrogen (secondary N) is 2. The summed E-state index contributed by atoms with van der Waals surface area (Å²) in [4.78, 5) is 24.2. The molecule has 1 aliphatic rings. The molecule has 0 bridgehead atoms. The number of carbonyl (C=O) groups is 1. The molecule has 156 valence electrons. The lowest BCUT2D eigenvalue weighted by Crippen LogP contribution is -2.35. The van der Waals surface area contributed by atoms with Crippen LogP contribution in [0, 0.1) is 12.8 Å². The molecule has 2 aromatic rings.